The summed E-state index contributed by atoms with van der Waals surface area (Å²) in [5, 5.41) is 23.7. The number of hydrogen-bond donors (Lipinski definition) is 0. The van der Waals surface area contributed by atoms with Crippen LogP contribution in [0.5, 0.6) is 0 Å². The van der Waals surface area contributed by atoms with E-state index in [4.69, 9.17) is 0 Å². The van der Waals surface area contributed by atoms with Gasteiger partial charge < -0.3 is 9.80 Å². The van der Waals surface area contributed by atoms with E-state index in [-0.39, 0.29) is 11.6 Å². The highest BCUT2D eigenvalue weighted by Gasteiger charge is 2.27. The quantitative estimate of drug-likeness (QED) is 0.272. The summed E-state index contributed by atoms with van der Waals surface area (Å²) in [5.74, 6) is 1.75. The first kappa shape index (κ1) is 23.7. The van der Waals surface area contributed by atoms with E-state index in [0.717, 1.165) is 17.9 Å². The third-order valence-corrected chi connectivity index (χ3v) is 6.75. The molecule has 1 amide bonds. The predicted octanol–water partition coefficient (Wildman–Crippen LogP) is 3.67. The molecule has 1 aliphatic rings. The Kier molecular flexibility index (Phi) is 7.41. The largest absolute Gasteiger partial charge is 0.336 e. The molecule has 178 valence electrons. The van der Waals surface area contributed by atoms with E-state index >= 15 is 0 Å². The van der Waals surface area contributed by atoms with Crippen molar-refractivity contribution in [1.82, 2.24) is 25.1 Å². The summed E-state index contributed by atoms with van der Waals surface area (Å²) < 4.78 is 1.68. The van der Waals surface area contributed by atoms with Crippen LogP contribution in [0.15, 0.2) is 53.4 Å². The standard InChI is InChI=1S/C23H27N7O3S/c1-17(2)10-15-34-21-9-8-18(16-20(21)30(32)33)22(31)27-11-13-28(14-12-27)23-24-25-26-29(23)19-6-4-3-5-7-19/h3-9,16-17H,10-15H2,1-2H3. The number of amides is 1. The van der Waals surface area contributed by atoms with E-state index in [1.54, 1.807) is 21.7 Å². The van der Waals surface area contributed by atoms with Crippen molar-refractivity contribution in [2.75, 3.05) is 36.8 Å². The monoisotopic (exact) mass is 481 g/mol. The zero-order valence-corrected chi connectivity index (χ0v) is 20.0. The van der Waals surface area contributed by atoms with Crippen molar-refractivity contribution in [3.8, 4) is 5.69 Å². The lowest BCUT2D eigenvalue weighted by Gasteiger charge is -2.34. The first-order valence-corrected chi connectivity index (χ1v) is 12.2. The number of nitro groups is 1. The fourth-order valence-corrected chi connectivity index (χ4v) is 4.98. The van der Waals surface area contributed by atoms with Gasteiger partial charge in [-0.3, -0.25) is 14.9 Å². The van der Waals surface area contributed by atoms with E-state index in [0.29, 0.717) is 48.5 Å². The van der Waals surface area contributed by atoms with Gasteiger partial charge in [-0.1, -0.05) is 37.1 Å². The van der Waals surface area contributed by atoms with Crippen molar-refractivity contribution >= 4 is 29.3 Å². The first-order chi connectivity index (χ1) is 16.4. The molecule has 11 heteroatoms. The van der Waals surface area contributed by atoms with Gasteiger partial charge in [-0.05, 0) is 52.8 Å². The van der Waals surface area contributed by atoms with Crippen LogP contribution in [0.2, 0.25) is 0 Å². The van der Waals surface area contributed by atoms with E-state index in [2.05, 4.69) is 29.4 Å². The zero-order chi connectivity index (χ0) is 24.1. The van der Waals surface area contributed by atoms with E-state index in [9.17, 15) is 14.9 Å². The third kappa shape index (κ3) is 5.36. The minimum Gasteiger partial charge on any atom is -0.336 e. The number of thioether (sulfide) groups is 1. The number of carbonyl (C=O) groups excluding carboxylic acids is 1. The highest BCUT2D eigenvalue weighted by Crippen LogP contribution is 2.31. The molecule has 0 bridgehead atoms. The van der Waals surface area contributed by atoms with Gasteiger partial charge in [0.15, 0.2) is 0 Å². The number of rotatable bonds is 8. The van der Waals surface area contributed by atoms with Gasteiger partial charge in [-0.2, -0.15) is 4.68 Å². The number of tetrazole rings is 1. The highest BCUT2D eigenvalue weighted by molar-refractivity contribution is 7.99. The number of nitrogens with zero attached hydrogens (tertiary/aromatic N) is 7. The molecule has 0 unspecified atom stereocenters. The Hall–Kier alpha value is -3.47. The van der Waals surface area contributed by atoms with Crippen molar-refractivity contribution in [2.24, 2.45) is 5.92 Å². The molecular weight excluding hydrogens is 454 g/mol. The Morgan fingerprint density at radius 3 is 2.53 bits per heavy atom. The van der Waals surface area contributed by atoms with Gasteiger partial charge in [0.25, 0.3) is 11.6 Å². The number of aromatic nitrogens is 4. The second kappa shape index (κ2) is 10.6. The zero-order valence-electron chi connectivity index (χ0n) is 19.2. The molecule has 0 aliphatic carbocycles. The number of piperazine rings is 1. The molecule has 0 spiro atoms. The van der Waals surface area contributed by atoms with Crippen LogP contribution < -0.4 is 4.90 Å². The fraction of sp³-hybridized carbons (Fsp3) is 0.391. The summed E-state index contributed by atoms with van der Waals surface area (Å²) in [7, 11) is 0. The number of anilines is 1. The van der Waals surface area contributed by atoms with E-state index in [1.165, 1.54) is 17.8 Å². The molecule has 10 nitrogen and oxygen atoms in total. The van der Waals surface area contributed by atoms with Crippen LogP contribution in [0, 0.1) is 16.0 Å². The van der Waals surface area contributed by atoms with Crippen molar-refractivity contribution in [2.45, 2.75) is 25.2 Å². The van der Waals surface area contributed by atoms with Crippen LogP contribution in [0.4, 0.5) is 11.6 Å². The lowest BCUT2D eigenvalue weighted by molar-refractivity contribution is -0.387. The van der Waals surface area contributed by atoms with Crippen molar-refractivity contribution in [3.63, 3.8) is 0 Å². The fourth-order valence-electron chi connectivity index (χ4n) is 3.73. The normalized spacial score (nSPS) is 14.0. The highest BCUT2D eigenvalue weighted by atomic mass is 32.2. The van der Waals surface area contributed by atoms with E-state index in [1.807, 2.05) is 35.2 Å². The summed E-state index contributed by atoms with van der Waals surface area (Å²) in [6.45, 7) is 6.31. The Morgan fingerprint density at radius 1 is 1.12 bits per heavy atom. The van der Waals surface area contributed by atoms with Crippen LogP contribution in [-0.4, -0.2) is 67.9 Å². The van der Waals surface area contributed by atoms with Crippen LogP contribution in [-0.2, 0) is 0 Å². The molecule has 0 atom stereocenters. The Balaban J connectivity index is 1.42. The number of benzene rings is 2. The molecule has 0 saturated carbocycles. The minimum atomic E-state index is -0.407. The Morgan fingerprint density at radius 2 is 1.85 bits per heavy atom. The molecule has 2 aromatic carbocycles. The molecular formula is C23H27N7O3S. The summed E-state index contributed by atoms with van der Waals surface area (Å²) >= 11 is 1.46. The lowest BCUT2D eigenvalue weighted by atomic mass is 10.1. The van der Waals surface area contributed by atoms with Gasteiger partial charge in [0, 0.05) is 37.8 Å². The molecule has 4 rings (SSSR count). The smallest absolute Gasteiger partial charge is 0.283 e. The van der Waals surface area contributed by atoms with Crippen LogP contribution in [0.25, 0.3) is 5.69 Å². The van der Waals surface area contributed by atoms with Crippen molar-refractivity contribution < 1.29 is 9.72 Å². The van der Waals surface area contributed by atoms with Crippen molar-refractivity contribution in [3.05, 3.63) is 64.2 Å². The number of carbonyl (C=O) groups is 1. The molecule has 0 N–H and O–H groups in total. The topological polar surface area (TPSA) is 110 Å². The maximum atomic E-state index is 13.1. The third-order valence-electron chi connectivity index (χ3n) is 5.66. The summed E-state index contributed by atoms with van der Waals surface area (Å²) in [5.41, 5.74) is 1.18. The van der Waals surface area contributed by atoms with E-state index < -0.39 is 4.92 Å². The van der Waals surface area contributed by atoms with Gasteiger partial charge in [-0.25, -0.2) is 0 Å². The second-order valence-corrected chi connectivity index (χ2v) is 9.61. The average molecular weight is 482 g/mol. The first-order valence-electron chi connectivity index (χ1n) is 11.2. The molecule has 34 heavy (non-hydrogen) atoms. The SMILES string of the molecule is CC(C)CCSc1ccc(C(=O)N2CCN(c3nnnn3-c3ccccc3)CC2)cc1[N+](=O)[O-]. The number of para-hydroxylation sites is 1. The lowest BCUT2D eigenvalue weighted by Crippen LogP contribution is -2.49. The maximum absolute atomic E-state index is 13.1. The summed E-state index contributed by atoms with van der Waals surface area (Å²) in [6.07, 6.45) is 0.973. The molecule has 3 aromatic rings. The Bertz CT molecular complexity index is 1140. The van der Waals surface area contributed by atoms with Gasteiger partial charge in [0.2, 0.25) is 5.95 Å². The molecule has 1 aliphatic heterocycles. The van der Waals surface area contributed by atoms with Gasteiger partial charge in [0.05, 0.1) is 15.5 Å². The van der Waals surface area contributed by atoms with Gasteiger partial charge in [0.1, 0.15) is 0 Å². The molecule has 1 saturated heterocycles. The second-order valence-electron chi connectivity index (χ2n) is 8.48. The summed E-state index contributed by atoms with van der Waals surface area (Å²) in [6, 6.07) is 14.4. The molecule has 1 fully saturated rings. The van der Waals surface area contributed by atoms with Gasteiger partial charge >= 0.3 is 0 Å². The van der Waals surface area contributed by atoms with Crippen LogP contribution in [0.1, 0.15) is 30.6 Å². The molecule has 0 radical (unpaired) electrons. The number of hydrogen-bond acceptors (Lipinski definition) is 8. The maximum Gasteiger partial charge on any atom is 0.283 e. The molecule has 1 aromatic heterocycles. The minimum absolute atomic E-state index is 0.0136. The van der Waals surface area contributed by atoms with Crippen molar-refractivity contribution in [1.29, 1.82) is 0 Å². The molecule has 2 heterocycles. The van der Waals surface area contributed by atoms with Crippen LogP contribution >= 0.6 is 11.8 Å². The predicted molar refractivity (Wildman–Crippen MR) is 131 cm³/mol. The van der Waals surface area contributed by atoms with Crippen LogP contribution in [0.3, 0.4) is 0 Å². The average Bonchev–Trinajstić information content (AvgIpc) is 3.34. The van der Waals surface area contributed by atoms with Gasteiger partial charge in [-0.15, -0.1) is 11.8 Å². The summed E-state index contributed by atoms with van der Waals surface area (Å²) in [4.78, 5) is 28.7. The Labute approximate surface area is 202 Å². The number of nitro benzene ring substituents is 1.